The Hall–Kier alpha value is -1.55. The van der Waals surface area contributed by atoms with Crippen LogP contribution < -0.4 is 0 Å². The molecule has 0 aromatic rings. The summed E-state index contributed by atoms with van der Waals surface area (Å²) in [5.41, 5.74) is 0.347. The molecule has 1 fully saturated rings. The van der Waals surface area contributed by atoms with Gasteiger partial charge in [-0.05, 0) is 46.1 Å². The van der Waals surface area contributed by atoms with Crippen molar-refractivity contribution in [3.63, 3.8) is 0 Å². The second kappa shape index (κ2) is 6.91. The largest absolute Gasteiger partial charge is 0.444 e. The van der Waals surface area contributed by atoms with Crippen molar-refractivity contribution in [2.24, 2.45) is 0 Å². The molecule has 0 aromatic carbocycles. The molecule has 2 aliphatic rings. The predicted molar refractivity (Wildman–Crippen MR) is 92.4 cm³/mol. The van der Waals surface area contributed by atoms with E-state index in [4.69, 9.17) is 9.47 Å². The van der Waals surface area contributed by atoms with Gasteiger partial charge in [-0.1, -0.05) is 37.3 Å². The highest BCUT2D eigenvalue weighted by molar-refractivity contribution is 5.73. The number of rotatable bonds is 5. The molecule has 0 radical (unpaired) electrons. The number of amides is 1. The molecule has 2 rings (SSSR count). The SMILES string of the molecule is CC/C=C\C=C(/C)COC1CCN(C(=O)OC(C)(C)C)C12C=C2. The van der Waals surface area contributed by atoms with Crippen LogP contribution in [0.25, 0.3) is 0 Å². The molecule has 0 aromatic heterocycles. The maximum absolute atomic E-state index is 12.4. The average molecular weight is 319 g/mol. The summed E-state index contributed by atoms with van der Waals surface area (Å²) >= 11 is 0. The molecule has 23 heavy (non-hydrogen) atoms. The van der Waals surface area contributed by atoms with Gasteiger partial charge in [0.1, 0.15) is 11.1 Å². The van der Waals surface area contributed by atoms with Crippen LogP contribution in [0.1, 0.15) is 47.5 Å². The molecule has 0 N–H and O–H groups in total. The van der Waals surface area contributed by atoms with E-state index in [1.54, 1.807) is 4.90 Å². The number of hydrogen-bond donors (Lipinski definition) is 0. The fourth-order valence-corrected chi connectivity index (χ4v) is 2.76. The van der Waals surface area contributed by atoms with Crippen LogP contribution in [0.2, 0.25) is 0 Å². The first-order chi connectivity index (χ1) is 10.8. The van der Waals surface area contributed by atoms with Gasteiger partial charge in [0.25, 0.3) is 0 Å². The summed E-state index contributed by atoms with van der Waals surface area (Å²) in [6, 6.07) is 0. The zero-order valence-electron chi connectivity index (χ0n) is 15.0. The number of carbonyl (C=O) groups is 1. The summed E-state index contributed by atoms with van der Waals surface area (Å²) in [6.45, 7) is 11.1. The minimum absolute atomic E-state index is 0.0218. The molecule has 1 atom stereocenters. The van der Waals surface area contributed by atoms with Crippen molar-refractivity contribution in [1.29, 1.82) is 0 Å². The van der Waals surface area contributed by atoms with Crippen molar-refractivity contribution in [1.82, 2.24) is 4.90 Å². The molecule has 1 saturated heterocycles. The van der Waals surface area contributed by atoms with Crippen molar-refractivity contribution >= 4 is 6.09 Å². The summed E-state index contributed by atoms with van der Waals surface area (Å²) in [7, 11) is 0. The number of allylic oxidation sites excluding steroid dienone is 3. The van der Waals surface area contributed by atoms with E-state index in [0.29, 0.717) is 13.2 Å². The van der Waals surface area contributed by atoms with Crippen LogP contribution in [0, 0.1) is 0 Å². The summed E-state index contributed by atoms with van der Waals surface area (Å²) < 4.78 is 11.6. The van der Waals surface area contributed by atoms with Gasteiger partial charge in [0.15, 0.2) is 0 Å². The summed E-state index contributed by atoms with van der Waals surface area (Å²) in [5.74, 6) is 0. The second-order valence-electron chi connectivity index (χ2n) is 7.29. The minimum atomic E-state index is -0.475. The molecule has 1 unspecified atom stereocenters. The van der Waals surface area contributed by atoms with E-state index in [1.807, 2.05) is 32.9 Å². The highest BCUT2D eigenvalue weighted by atomic mass is 16.6. The van der Waals surface area contributed by atoms with Gasteiger partial charge in [-0.15, -0.1) is 0 Å². The van der Waals surface area contributed by atoms with Gasteiger partial charge in [0.05, 0.1) is 12.7 Å². The van der Waals surface area contributed by atoms with Crippen LogP contribution in [0.15, 0.2) is 36.0 Å². The van der Waals surface area contributed by atoms with E-state index in [2.05, 4.69) is 32.1 Å². The standard InChI is InChI=1S/C19H29NO3/c1-6-7-8-9-15(2)14-22-16-10-13-20(19(16)11-12-19)17(21)23-18(3,4)5/h7-9,11-12,16H,6,10,13-14H2,1-5H3/b8-7-,15-9+. The Morgan fingerprint density at radius 3 is 2.65 bits per heavy atom. The van der Waals surface area contributed by atoms with E-state index >= 15 is 0 Å². The van der Waals surface area contributed by atoms with E-state index < -0.39 is 5.60 Å². The Labute approximate surface area is 139 Å². The molecule has 0 saturated carbocycles. The number of carbonyl (C=O) groups excluding carboxylic acids is 1. The quantitative estimate of drug-likeness (QED) is 0.562. The molecule has 4 nitrogen and oxygen atoms in total. The minimum Gasteiger partial charge on any atom is -0.444 e. The molecule has 1 amide bonds. The Bertz CT molecular complexity index is 519. The van der Waals surface area contributed by atoms with Gasteiger partial charge >= 0.3 is 6.09 Å². The van der Waals surface area contributed by atoms with Crippen LogP contribution >= 0.6 is 0 Å². The number of likely N-dealkylation sites (tertiary alicyclic amines) is 1. The zero-order chi connectivity index (χ0) is 17.1. The fraction of sp³-hybridized carbons (Fsp3) is 0.632. The van der Waals surface area contributed by atoms with Crippen molar-refractivity contribution in [3.05, 3.63) is 36.0 Å². The zero-order valence-corrected chi connectivity index (χ0v) is 15.0. The first kappa shape index (κ1) is 17.8. The third-order valence-electron chi connectivity index (χ3n) is 3.98. The van der Waals surface area contributed by atoms with Crippen LogP contribution in [-0.4, -0.2) is 41.4 Å². The number of nitrogens with zero attached hydrogens (tertiary/aromatic N) is 1. The maximum atomic E-state index is 12.4. The topological polar surface area (TPSA) is 38.8 Å². The molecule has 4 heteroatoms. The Morgan fingerprint density at radius 2 is 2.09 bits per heavy atom. The van der Waals surface area contributed by atoms with E-state index in [-0.39, 0.29) is 17.7 Å². The third kappa shape index (κ3) is 4.47. The first-order valence-electron chi connectivity index (χ1n) is 8.43. The molecule has 128 valence electrons. The van der Waals surface area contributed by atoms with Gasteiger partial charge in [-0.3, -0.25) is 4.90 Å². The highest BCUT2D eigenvalue weighted by Gasteiger charge is 2.55. The lowest BCUT2D eigenvalue weighted by Gasteiger charge is -2.31. The molecular formula is C19H29NO3. The van der Waals surface area contributed by atoms with Crippen molar-refractivity contribution < 1.29 is 14.3 Å². The lowest BCUT2D eigenvalue weighted by Crippen LogP contribution is -2.46. The van der Waals surface area contributed by atoms with E-state index in [0.717, 1.165) is 12.8 Å². The lowest BCUT2D eigenvalue weighted by atomic mass is 10.1. The predicted octanol–water partition coefficient (Wildman–Crippen LogP) is 4.23. The normalized spacial score (nSPS) is 23.1. The third-order valence-corrected chi connectivity index (χ3v) is 3.98. The lowest BCUT2D eigenvalue weighted by molar-refractivity contribution is 0.00448. The van der Waals surface area contributed by atoms with Gasteiger partial charge in [-0.25, -0.2) is 4.79 Å². The molecule has 0 bridgehead atoms. The smallest absolute Gasteiger partial charge is 0.411 e. The van der Waals surface area contributed by atoms with E-state index in [9.17, 15) is 4.79 Å². The highest BCUT2D eigenvalue weighted by Crippen LogP contribution is 2.44. The summed E-state index contributed by atoms with van der Waals surface area (Å²) in [5, 5.41) is 0. The van der Waals surface area contributed by atoms with Crippen molar-refractivity contribution in [3.8, 4) is 0 Å². The van der Waals surface area contributed by atoms with Crippen molar-refractivity contribution in [2.45, 2.75) is 64.7 Å². The Balaban J connectivity index is 1.90. The molecule has 1 spiro atoms. The summed E-state index contributed by atoms with van der Waals surface area (Å²) in [6.07, 6.45) is 12.0. The maximum Gasteiger partial charge on any atom is 0.411 e. The number of ether oxygens (including phenoxy) is 2. The fourth-order valence-electron chi connectivity index (χ4n) is 2.76. The van der Waals surface area contributed by atoms with Crippen LogP contribution in [0.3, 0.4) is 0 Å². The second-order valence-corrected chi connectivity index (χ2v) is 7.29. The van der Waals surface area contributed by atoms with Gasteiger partial charge in [0, 0.05) is 6.54 Å². The molecule has 1 aliphatic heterocycles. The van der Waals surface area contributed by atoms with Crippen LogP contribution in [0.5, 0.6) is 0 Å². The van der Waals surface area contributed by atoms with Gasteiger partial charge in [0.2, 0.25) is 0 Å². The van der Waals surface area contributed by atoms with Crippen LogP contribution in [-0.2, 0) is 9.47 Å². The van der Waals surface area contributed by atoms with Crippen molar-refractivity contribution in [2.75, 3.05) is 13.2 Å². The number of hydrogen-bond acceptors (Lipinski definition) is 3. The first-order valence-corrected chi connectivity index (χ1v) is 8.43. The van der Waals surface area contributed by atoms with Gasteiger partial charge < -0.3 is 9.47 Å². The average Bonchev–Trinajstić information content (AvgIpc) is 3.12. The summed E-state index contributed by atoms with van der Waals surface area (Å²) in [4.78, 5) is 14.2. The Kier molecular flexibility index (Phi) is 5.35. The van der Waals surface area contributed by atoms with Crippen LogP contribution in [0.4, 0.5) is 4.79 Å². The van der Waals surface area contributed by atoms with Gasteiger partial charge in [-0.2, -0.15) is 0 Å². The molecule has 1 heterocycles. The molecule has 1 aliphatic carbocycles. The molecular weight excluding hydrogens is 290 g/mol. The van der Waals surface area contributed by atoms with E-state index in [1.165, 1.54) is 5.57 Å². The Morgan fingerprint density at radius 1 is 1.39 bits per heavy atom. The monoisotopic (exact) mass is 319 g/mol.